The lowest BCUT2D eigenvalue weighted by Crippen LogP contribution is -2.28. The van der Waals surface area contributed by atoms with Gasteiger partial charge in [0.15, 0.2) is 0 Å². The molecule has 18 heavy (non-hydrogen) atoms. The Hall–Kier alpha value is -0.350. The van der Waals surface area contributed by atoms with Gasteiger partial charge in [0.2, 0.25) is 0 Å². The Bertz CT molecular complexity index is 354. The summed E-state index contributed by atoms with van der Waals surface area (Å²) in [6.07, 6.45) is 9.32. The highest BCUT2D eigenvalue weighted by Gasteiger charge is 2.26. The van der Waals surface area contributed by atoms with Gasteiger partial charge in [0.25, 0.3) is 0 Å². The van der Waals surface area contributed by atoms with E-state index in [0.717, 1.165) is 13.1 Å². The van der Waals surface area contributed by atoms with E-state index < -0.39 is 0 Å². The van der Waals surface area contributed by atoms with E-state index in [9.17, 15) is 0 Å². The van der Waals surface area contributed by atoms with Gasteiger partial charge in [0.05, 0.1) is 15.9 Å². The summed E-state index contributed by atoms with van der Waals surface area (Å²) in [4.78, 5) is 0. The smallest absolute Gasteiger partial charge is 0.0810 e. The molecule has 2 aliphatic rings. The molecule has 0 radical (unpaired) electrons. The van der Waals surface area contributed by atoms with Crippen molar-refractivity contribution in [1.29, 1.82) is 0 Å². The van der Waals surface area contributed by atoms with Gasteiger partial charge in [0.1, 0.15) is 0 Å². The van der Waals surface area contributed by atoms with Gasteiger partial charge in [-0.15, -0.1) is 0 Å². The second-order valence-electron chi connectivity index (χ2n) is 5.71. The van der Waals surface area contributed by atoms with Crippen molar-refractivity contribution in [3.8, 4) is 0 Å². The number of nitrogens with one attached hydrogen (secondary N) is 2. The third kappa shape index (κ3) is 2.50. The quantitative estimate of drug-likeness (QED) is 0.874. The summed E-state index contributed by atoms with van der Waals surface area (Å²) in [6.45, 7) is 2.24. The highest BCUT2D eigenvalue weighted by Crippen LogP contribution is 2.38. The summed E-state index contributed by atoms with van der Waals surface area (Å²) < 4.78 is 1.27. The molecule has 1 aromatic rings. The number of piperidine rings is 1. The molecule has 3 nitrogen and oxygen atoms in total. The molecule has 1 aliphatic heterocycles. The SMILES string of the molecule is Brc1c(C2CCCNC2)n[nH]c1C1CCCCC1. The molecule has 2 heterocycles. The Labute approximate surface area is 117 Å². The second kappa shape index (κ2) is 5.74. The van der Waals surface area contributed by atoms with Crippen LogP contribution in [-0.4, -0.2) is 23.3 Å². The molecular weight excluding hydrogens is 290 g/mol. The summed E-state index contributed by atoms with van der Waals surface area (Å²) in [6, 6.07) is 0. The van der Waals surface area contributed by atoms with Gasteiger partial charge in [-0.2, -0.15) is 5.10 Å². The second-order valence-corrected chi connectivity index (χ2v) is 6.51. The fraction of sp³-hybridized carbons (Fsp3) is 0.786. The fourth-order valence-corrected chi connectivity index (χ4v) is 4.20. The number of aromatic amines is 1. The zero-order chi connectivity index (χ0) is 12.4. The third-order valence-corrected chi connectivity index (χ3v) is 5.29. The molecular formula is C14H22BrN3. The van der Waals surface area contributed by atoms with Crippen LogP contribution in [0.2, 0.25) is 0 Å². The Balaban J connectivity index is 1.78. The molecule has 0 amide bonds. The molecule has 1 saturated heterocycles. The van der Waals surface area contributed by atoms with Crippen LogP contribution in [0, 0.1) is 0 Å². The normalized spacial score (nSPS) is 26.4. The van der Waals surface area contributed by atoms with Crippen LogP contribution in [0.25, 0.3) is 0 Å². The molecule has 0 aromatic carbocycles. The summed E-state index contributed by atoms with van der Waals surface area (Å²) in [5.74, 6) is 1.28. The van der Waals surface area contributed by atoms with Crippen LogP contribution < -0.4 is 5.32 Å². The molecule has 1 aromatic heterocycles. The lowest BCUT2D eigenvalue weighted by atomic mass is 9.86. The summed E-state index contributed by atoms with van der Waals surface area (Å²) in [7, 11) is 0. The minimum absolute atomic E-state index is 0.585. The van der Waals surface area contributed by atoms with Gasteiger partial charge in [-0.25, -0.2) is 0 Å². The van der Waals surface area contributed by atoms with E-state index in [1.54, 1.807) is 0 Å². The van der Waals surface area contributed by atoms with Crippen molar-refractivity contribution in [2.75, 3.05) is 13.1 Å². The number of H-pyrrole nitrogens is 1. The number of rotatable bonds is 2. The fourth-order valence-electron chi connectivity index (χ4n) is 3.37. The Morgan fingerprint density at radius 3 is 2.50 bits per heavy atom. The van der Waals surface area contributed by atoms with Gasteiger partial charge in [-0.05, 0) is 48.2 Å². The van der Waals surface area contributed by atoms with Crippen molar-refractivity contribution >= 4 is 15.9 Å². The minimum Gasteiger partial charge on any atom is -0.316 e. The summed E-state index contributed by atoms with van der Waals surface area (Å²) in [5, 5.41) is 11.4. The van der Waals surface area contributed by atoms with Crippen molar-refractivity contribution in [3.05, 3.63) is 15.9 Å². The molecule has 1 aliphatic carbocycles. The molecule has 0 spiro atoms. The maximum Gasteiger partial charge on any atom is 0.0810 e. The molecule has 1 saturated carbocycles. The van der Waals surface area contributed by atoms with E-state index in [1.807, 2.05) is 0 Å². The topological polar surface area (TPSA) is 40.7 Å². The van der Waals surface area contributed by atoms with E-state index in [-0.39, 0.29) is 0 Å². The third-order valence-electron chi connectivity index (χ3n) is 4.46. The monoisotopic (exact) mass is 311 g/mol. The van der Waals surface area contributed by atoms with Crippen molar-refractivity contribution in [1.82, 2.24) is 15.5 Å². The van der Waals surface area contributed by atoms with Crippen LogP contribution in [-0.2, 0) is 0 Å². The van der Waals surface area contributed by atoms with Gasteiger partial charge in [-0.3, -0.25) is 5.10 Å². The molecule has 3 rings (SSSR count). The lowest BCUT2D eigenvalue weighted by Gasteiger charge is -2.22. The number of nitrogens with zero attached hydrogens (tertiary/aromatic N) is 1. The van der Waals surface area contributed by atoms with Gasteiger partial charge in [-0.1, -0.05) is 19.3 Å². The zero-order valence-electron chi connectivity index (χ0n) is 10.8. The number of halogens is 1. The predicted molar refractivity (Wildman–Crippen MR) is 77.0 cm³/mol. The first-order valence-electron chi connectivity index (χ1n) is 7.30. The van der Waals surface area contributed by atoms with E-state index in [0.29, 0.717) is 11.8 Å². The Morgan fingerprint density at radius 2 is 1.78 bits per heavy atom. The van der Waals surface area contributed by atoms with Crippen molar-refractivity contribution in [3.63, 3.8) is 0 Å². The largest absolute Gasteiger partial charge is 0.316 e. The number of hydrogen-bond donors (Lipinski definition) is 2. The van der Waals surface area contributed by atoms with Crippen molar-refractivity contribution in [2.45, 2.75) is 56.8 Å². The van der Waals surface area contributed by atoms with Crippen LogP contribution in [0.3, 0.4) is 0 Å². The highest BCUT2D eigenvalue weighted by molar-refractivity contribution is 9.10. The standard InChI is InChI=1S/C14H22BrN3/c15-12-13(10-5-2-1-3-6-10)17-18-14(12)11-7-4-8-16-9-11/h10-11,16H,1-9H2,(H,17,18). The maximum absolute atomic E-state index is 4.60. The summed E-state index contributed by atoms with van der Waals surface area (Å²) >= 11 is 3.80. The maximum atomic E-state index is 4.60. The Kier molecular flexibility index (Phi) is 4.04. The first kappa shape index (κ1) is 12.7. The average molecular weight is 312 g/mol. The highest BCUT2D eigenvalue weighted by atomic mass is 79.9. The molecule has 100 valence electrons. The van der Waals surface area contributed by atoms with Crippen LogP contribution in [0.1, 0.15) is 68.2 Å². The Morgan fingerprint density at radius 1 is 1.00 bits per heavy atom. The average Bonchev–Trinajstić information content (AvgIpc) is 2.83. The molecule has 2 fully saturated rings. The van der Waals surface area contributed by atoms with Crippen LogP contribution in [0.15, 0.2) is 4.47 Å². The minimum atomic E-state index is 0.585. The molecule has 2 N–H and O–H groups in total. The summed E-state index contributed by atoms with van der Waals surface area (Å²) in [5.41, 5.74) is 2.61. The van der Waals surface area contributed by atoms with E-state index >= 15 is 0 Å². The number of aromatic nitrogens is 2. The van der Waals surface area contributed by atoms with Crippen LogP contribution in [0.4, 0.5) is 0 Å². The van der Waals surface area contributed by atoms with Gasteiger partial charge in [0, 0.05) is 18.4 Å². The van der Waals surface area contributed by atoms with Crippen LogP contribution >= 0.6 is 15.9 Å². The van der Waals surface area contributed by atoms with E-state index in [1.165, 1.54) is 60.8 Å². The molecule has 1 unspecified atom stereocenters. The first-order valence-corrected chi connectivity index (χ1v) is 8.10. The van der Waals surface area contributed by atoms with E-state index in [2.05, 4.69) is 31.4 Å². The molecule has 4 heteroatoms. The molecule has 1 atom stereocenters. The lowest BCUT2D eigenvalue weighted by molar-refractivity contribution is 0.435. The van der Waals surface area contributed by atoms with Crippen molar-refractivity contribution in [2.24, 2.45) is 0 Å². The van der Waals surface area contributed by atoms with Crippen LogP contribution in [0.5, 0.6) is 0 Å². The zero-order valence-corrected chi connectivity index (χ0v) is 12.4. The van der Waals surface area contributed by atoms with Gasteiger partial charge >= 0.3 is 0 Å². The van der Waals surface area contributed by atoms with Gasteiger partial charge < -0.3 is 5.32 Å². The predicted octanol–water partition coefficient (Wildman–Crippen LogP) is 3.69. The van der Waals surface area contributed by atoms with Crippen molar-refractivity contribution < 1.29 is 0 Å². The van der Waals surface area contributed by atoms with E-state index in [4.69, 9.17) is 0 Å². The first-order chi connectivity index (χ1) is 8.86. The molecule has 0 bridgehead atoms. The number of hydrogen-bond acceptors (Lipinski definition) is 2.